The number of nitrogens with two attached hydrogens (primary N) is 1. The number of carboxylic acid groups (broad SMARTS) is 1. The molecule has 1 heterocycles. The highest BCUT2D eigenvalue weighted by Gasteiger charge is 2.44. The average molecular weight is 221 g/mol. The molecule has 0 spiro atoms. The van der Waals surface area contributed by atoms with Gasteiger partial charge in [0.25, 0.3) is 0 Å². The molecule has 1 fully saturated rings. The van der Waals surface area contributed by atoms with E-state index in [9.17, 15) is 9.90 Å². The van der Waals surface area contributed by atoms with E-state index in [1.807, 2.05) is 0 Å². The zero-order chi connectivity index (χ0) is 11.6. The van der Waals surface area contributed by atoms with E-state index in [0.717, 1.165) is 12.8 Å². The van der Waals surface area contributed by atoms with Gasteiger partial charge in [0.1, 0.15) is 5.41 Å². The first-order chi connectivity index (χ1) is 7.65. The van der Waals surface area contributed by atoms with Crippen molar-refractivity contribution in [3.05, 3.63) is 24.3 Å². The highest BCUT2D eigenvalue weighted by molar-refractivity contribution is 5.80. The van der Waals surface area contributed by atoms with Crippen LogP contribution in [0.2, 0.25) is 0 Å². The molecule has 0 aromatic carbocycles. The maximum atomic E-state index is 11.5. The fourth-order valence-corrected chi connectivity index (χ4v) is 2.26. The number of carboxylic acids is 1. The summed E-state index contributed by atoms with van der Waals surface area (Å²) >= 11 is 0. The van der Waals surface area contributed by atoms with Gasteiger partial charge in [-0.15, -0.1) is 0 Å². The first-order valence-corrected chi connectivity index (χ1v) is 5.40. The standard InChI is InChI=1S/C11H15N3O2/c12-8-1-3-11(4-2-8,10(15)16)9-7-13-5-6-14-9/h5-8H,1-4,12H2,(H,15,16). The minimum atomic E-state index is -0.885. The summed E-state index contributed by atoms with van der Waals surface area (Å²) in [4.78, 5) is 19.6. The smallest absolute Gasteiger partial charge is 0.315 e. The fourth-order valence-electron chi connectivity index (χ4n) is 2.26. The van der Waals surface area contributed by atoms with Crippen LogP contribution in [0.1, 0.15) is 31.4 Å². The summed E-state index contributed by atoms with van der Waals surface area (Å²) < 4.78 is 0. The molecule has 0 unspecified atom stereocenters. The normalized spacial score (nSPS) is 29.9. The van der Waals surface area contributed by atoms with Gasteiger partial charge in [-0.2, -0.15) is 0 Å². The topological polar surface area (TPSA) is 89.1 Å². The van der Waals surface area contributed by atoms with Gasteiger partial charge in [-0.05, 0) is 25.7 Å². The number of carbonyl (C=O) groups is 1. The van der Waals surface area contributed by atoms with Crippen molar-refractivity contribution in [1.82, 2.24) is 9.97 Å². The number of rotatable bonds is 2. The minimum absolute atomic E-state index is 0.115. The van der Waals surface area contributed by atoms with Gasteiger partial charge in [0, 0.05) is 24.6 Å². The van der Waals surface area contributed by atoms with E-state index < -0.39 is 11.4 Å². The lowest BCUT2D eigenvalue weighted by Gasteiger charge is -2.34. The van der Waals surface area contributed by atoms with Crippen LogP contribution in [0.4, 0.5) is 0 Å². The van der Waals surface area contributed by atoms with E-state index in [1.165, 1.54) is 6.20 Å². The highest BCUT2D eigenvalue weighted by Crippen LogP contribution is 2.38. The number of aromatic nitrogens is 2. The third-order valence-corrected chi connectivity index (χ3v) is 3.35. The third-order valence-electron chi connectivity index (χ3n) is 3.35. The second kappa shape index (κ2) is 4.17. The van der Waals surface area contributed by atoms with Gasteiger partial charge < -0.3 is 10.8 Å². The summed E-state index contributed by atoms with van der Waals surface area (Å²) in [5.41, 5.74) is 5.47. The summed E-state index contributed by atoms with van der Waals surface area (Å²) in [6.45, 7) is 0. The van der Waals surface area contributed by atoms with Crippen molar-refractivity contribution in [3.8, 4) is 0 Å². The Morgan fingerprint density at radius 3 is 2.62 bits per heavy atom. The molecule has 86 valence electrons. The molecule has 1 aromatic rings. The van der Waals surface area contributed by atoms with Crippen LogP contribution in [0.5, 0.6) is 0 Å². The molecule has 0 amide bonds. The van der Waals surface area contributed by atoms with Crippen LogP contribution in [0.15, 0.2) is 18.6 Å². The average Bonchev–Trinajstić information content (AvgIpc) is 2.31. The molecule has 5 heteroatoms. The van der Waals surface area contributed by atoms with Crippen LogP contribution < -0.4 is 5.73 Å². The Morgan fingerprint density at radius 1 is 1.44 bits per heavy atom. The van der Waals surface area contributed by atoms with E-state index >= 15 is 0 Å². The SMILES string of the molecule is NC1CCC(C(=O)O)(c2cnccn2)CC1. The Morgan fingerprint density at radius 2 is 2.12 bits per heavy atom. The van der Waals surface area contributed by atoms with Gasteiger partial charge in [-0.3, -0.25) is 14.8 Å². The predicted molar refractivity (Wildman–Crippen MR) is 57.8 cm³/mol. The Kier molecular flexibility index (Phi) is 2.87. The molecule has 1 aliphatic carbocycles. The van der Waals surface area contributed by atoms with Crippen LogP contribution in [0.25, 0.3) is 0 Å². The minimum Gasteiger partial charge on any atom is -0.481 e. The second-order valence-electron chi connectivity index (χ2n) is 4.32. The van der Waals surface area contributed by atoms with E-state index in [1.54, 1.807) is 12.4 Å². The predicted octanol–water partition coefficient (Wildman–Crippen LogP) is 0.700. The first kappa shape index (κ1) is 11.0. The maximum absolute atomic E-state index is 11.5. The number of hydrogen-bond donors (Lipinski definition) is 2. The number of nitrogens with zero attached hydrogens (tertiary/aromatic N) is 2. The molecule has 1 saturated carbocycles. The van der Waals surface area contributed by atoms with Crippen molar-refractivity contribution in [3.63, 3.8) is 0 Å². The molecule has 0 atom stereocenters. The Balaban J connectivity index is 2.34. The van der Waals surface area contributed by atoms with Crippen LogP contribution in [0.3, 0.4) is 0 Å². The van der Waals surface area contributed by atoms with Crippen LogP contribution in [-0.2, 0) is 10.2 Å². The summed E-state index contributed by atoms with van der Waals surface area (Å²) in [6.07, 6.45) is 7.17. The van der Waals surface area contributed by atoms with Crippen molar-refractivity contribution < 1.29 is 9.90 Å². The van der Waals surface area contributed by atoms with Crippen LogP contribution >= 0.6 is 0 Å². The summed E-state index contributed by atoms with van der Waals surface area (Å²) in [6, 6.07) is 0.115. The molecule has 16 heavy (non-hydrogen) atoms. The van der Waals surface area contributed by atoms with Gasteiger partial charge in [0.2, 0.25) is 0 Å². The summed E-state index contributed by atoms with van der Waals surface area (Å²) in [5, 5.41) is 9.42. The van der Waals surface area contributed by atoms with Gasteiger partial charge in [-0.25, -0.2) is 0 Å². The summed E-state index contributed by atoms with van der Waals surface area (Å²) in [5.74, 6) is -0.820. The Labute approximate surface area is 93.7 Å². The first-order valence-electron chi connectivity index (χ1n) is 5.40. The lowest BCUT2D eigenvalue weighted by molar-refractivity contribution is -0.145. The van der Waals surface area contributed by atoms with E-state index in [4.69, 9.17) is 5.73 Å². The second-order valence-corrected chi connectivity index (χ2v) is 4.32. The van der Waals surface area contributed by atoms with Gasteiger partial charge in [0.05, 0.1) is 5.69 Å². The molecule has 0 bridgehead atoms. The zero-order valence-corrected chi connectivity index (χ0v) is 8.97. The van der Waals surface area contributed by atoms with Gasteiger partial charge >= 0.3 is 5.97 Å². The molecular formula is C11H15N3O2. The zero-order valence-electron chi connectivity index (χ0n) is 8.97. The van der Waals surface area contributed by atoms with Crippen LogP contribution in [-0.4, -0.2) is 27.1 Å². The third kappa shape index (κ3) is 1.78. The number of aliphatic carboxylic acids is 1. The molecule has 3 N–H and O–H groups in total. The molecule has 5 nitrogen and oxygen atoms in total. The van der Waals surface area contributed by atoms with Gasteiger partial charge in [0.15, 0.2) is 0 Å². The summed E-state index contributed by atoms with van der Waals surface area (Å²) in [7, 11) is 0. The van der Waals surface area contributed by atoms with Crippen LogP contribution in [0, 0.1) is 0 Å². The number of hydrogen-bond acceptors (Lipinski definition) is 4. The van der Waals surface area contributed by atoms with Crippen molar-refractivity contribution >= 4 is 5.97 Å². The van der Waals surface area contributed by atoms with E-state index in [0.29, 0.717) is 18.5 Å². The van der Waals surface area contributed by atoms with Crippen molar-refractivity contribution in [1.29, 1.82) is 0 Å². The molecule has 2 rings (SSSR count). The quantitative estimate of drug-likeness (QED) is 0.767. The molecular weight excluding hydrogens is 206 g/mol. The highest BCUT2D eigenvalue weighted by atomic mass is 16.4. The molecule has 0 radical (unpaired) electrons. The van der Waals surface area contributed by atoms with Crippen molar-refractivity contribution in [2.75, 3.05) is 0 Å². The van der Waals surface area contributed by atoms with Crippen molar-refractivity contribution in [2.45, 2.75) is 37.1 Å². The maximum Gasteiger partial charge on any atom is 0.315 e. The monoisotopic (exact) mass is 221 g/mol. The molecule has 0 saturated heterocycles. The van der Waals surface area contributed by atoms with E-state index in [2.05, 4.69) is 9.97 Å². The molecule has 1 aliphatic rings. The van der Waals surface area contributed by atoms with Gasteiger partial charge in [-0.1, -0.05) is 0 Å². The fraction of sp³-hybridized carbons (Fsp3) is 0.545. The molecule has 1 aromatic heterocycles. The Bertz CT molecular complexity index is 372. The van der Waals surface area contributed by atoms with E-state index in [-0.39, 0.29) is 6.04 Å². The molecule has 0 aliphatic heterocycles. The Hall–Kier alpha value is -1.49. The lowest BCUT2D eigenvalue weighted by Crippen LogP contribution is -2.43. The lowest BCUT2D eigenvalue weighted by atomic mass is 9.70. The largest absolute Gasteiger partial charge is 0.481 e. The van der Waals surface area contributed by atoms with Crippen molar-refractivity contribution in [2.24, 2.45) is 5.73 Å².